The van der Waals surface area contributed by atoms with Gasteiger partial charge in [0.25, 0.3) is 0 Å². The predicted octanol–water partition coefficient (Wildman–Crippen LogP) is 4.18. The van der Waals surface area contributed by atoms with Gasteiger partial charge < -0.3 is 29.5 Å². The molecule has 0 aromatic heterocycles. The highest BCUT2D eigenvalue weighted by atomic mass is 16.5. The second kappa shape index (κ2) is 14.6. The summed E-state index contributed by atoms with van der Waals surface area (Å²) in [5.74, 6) is -0.374. The van der Waals surface area contributed by atoms with E-state index in [1.54, 1.807) is 18.2 Å². The van der Waals surface area contributed by atoms with Crippen LogP contribution in [0, 0.1) is 0 Å². The number of aromatic hydroxyl groups is 2. The molecule has 2 aromatic carbocycles. The smallest absolute Gasteiger partial charge is 0.308 e. The van der Waals surface area contributed by atoms with Crippen LogP contribution < -0.4 is 9.47 Å². The van der Waals surface area contributed by atoms with E-state index in [0.29, 0.717) is 24.3 Å². The first-order valence-corrected chi connectivity index (χ1v) is 11.2. The molecule has 2 atom stereocenters. The molecule has 9 heteroatoms. The van der Waals surface area contributed by atoms with Crippen LogP contribution in [0.2, 0.25) is 0 Å². The molecule has 0 saturated heterocycles. The lowest BCUT2D eigenvalue weighted by Crippen LogP contribution is -2.09. The van der Waals surface area contributed by atoms with E-state index >= 15 is 0 Å². The SMILES string of the molecule is CC(=O)OCCC(C)c1ccc(OC(C)=O)cc1OC(C)=O.CC(CCO)c1ccc(O)cc1O. The normalized spacial score (nSPS) is 11.9. The average molecular weight is 491 g/mol. The Morgan fingerprint density at radius 2 is 1.40 bits per heavy atom. The van der Waals surface area contributed by atoms with E-state index in [0.717, 1.165) is 11.1 Å². The van der Waals surface area contributed by atoms with Gasteiger partial charge >= 0.3 is 17.9 Å². The predicted molar refractivity (Wildman–Crippen MR) is 129 cm³/mol. The van der Waals surface area contributed by atoms with Crippen LogP contribution in [0.3, 0.4) is 0 Å². The van der Waals surface area contributed by atoms with E-state index in [9.17, 15) is 19.5 Å². The number of carbonyl (C=O) groups excluding carboxylic acids is 3. The molecule has 192 valence electrons. The molecule has 9 nitrogen and oxygen atoms in total. The summed E-state index contributed by atoms with van der Waals surface area (Å²) in [5.41, 5.74) is 1.53. The molecule has 0 radical (unpaired) electrons. The Bertz CT molecular complexity index is 1000. The molecule has 2 unspecified atom stereocenters. The number of phenolic OH excluding ortho intramolecular Hbond substituents is 2. The van der Waals surface area contributed by atoms with Crippen molar-refractivity contribution in [1.29, 1.82) is 0 Å². The Hall–Kier alpha value is -3.59. The number of aliphatic hydroxyl groups excluding tert-OH is 1. The molecule has 0 saturated carbocycles. The maximum absolute atomic E-state index is 11.2. The number of benzene rings is 2. The highest BCUT2D eigenvalue weighted by Crippen LogP contribution is 2.33. The fourth-order valence-electron chi connectivity index (χ4n) is 3.23. The van der Waals surface area contributed by atoms with E-state index in [1.807, 2.05) is 13.8 Å². The van der Waals surface area contributed by atoms with Crippen LogP contribution in [-0.2, 0) is 19.1 Å². The molecule has 0 aliphatic rings. The van der Waals surface area contributed by atoms with Crippen molar-refractivity contribution in [1.82, 2.24) is 0 Å². The summed E-state index contributed by atoms with van der Waals surface area (Å²) in [6.07, 6.45) is 1.19. The Labute approximate surface area is 205 Å². The van der Waals surface area contributed by atoms with E-state index in [2.05, 4.69) is 0 Å². The van der Waals surface area contributed by atoms with Gasteiger partial charge in [-0.25, -0.2) is 0 Å². The zero-order valence-corrected chi connectivity index (χ0v) is 20.7. The van der Waals surface area contributed by atoms with Crippen LogP contribution in [0.5, 0.6) is 23.0 Å². The minimum absolute atomic E-state index is 0.0000723. The topological polar surface area (TPSA) is 140 Å². The van der Waals surface area contributed by atoms with Crippen molar-refractivity contribution in [2.75, 3.05) is 13.2 Å². The lowest BCUT2D eigenvalue weighted by atomic mass is 9.97. The van der Waals surface area contributed by atoms with Crippen molar-refractivity contribution >= 4 is 17.9 Å². The van der Waals surface area contributed by atoms with Crippen molar-refractivity contribution in [2.45, 2.75) is 59.3 Å². The first-order chi connectivity index (χ1) is 16.4. The number of carbonyl (C=O) groups is 3. The van der Waals surface area contributed by atoms with Gasteiger partial charge in [-0.05, 0) is 47.9 Å². The van der Waals surface area contributed by atoms with Gasteiger partial charge in [-0.3, -0.25) is 14.4 Å². The Morgan fingerprint density at radius 1 is 0.800 bits per heavy atom. The van der Waals surface area contributed by atoms with Gasteiger partial charge in [0, 0.05) is 39.5 Å². The van der Waals surface area contributed by atoms with Gasteiger partial charge in [0.05, 0.1) is 6.61 Å². The molecule has 0 amide bonds. The van der Waals surface area contributed by atoms with Crippen molar-refractivity contribution in [2.24, 2.45) is 0 Å². The largest absolute Gasteiger partial charge is 0.508 e. The lowest BCUT2D eigenvalue weighted by Gasteiger charge is -2.16. The van der Waals surface area contributed by atoms with E-state index in [1.165, 1.54) is 39.0 Å². The van der Waals surface area contributed by atoms with Crippen molar-refractivity contribution in [3.8, 4) is 23.0 Å². The van der Waals surface area contributed by atoms with Gasteiger partial charge in [-0.15, -0.1) is 0 Å². The Kier molecular flexibility index (Phi) is 12.3. The third-order valence-corrected chi connectivity index (χ3v) is 4.99. The van der Waals surface area contributed by atoms with Gasteiger partial charge in [0.1, 0.15) is 23.0 Å². The van der Waals surface area contributed by atoms with E-state index in [4.69, 9.17) is 24.4 Å². The fraction of sp³-hybridized carbons (Fsp3) is 0.423. The molecule has 0 bridgehead atoms. The Morgan fingerprint density at radius 3 is 1.94 bits per heavy atom. The minimum Gasteiger partial charge on any atom is -0.508 e. The molecule has 0 aliphatic carbocycles. The van der Waals surface area contributed by atoms with Crippen LogP contribution in [0.15, 0.2) is 36.4 Å². The molecule has 0 spiro atoms. The maximum Gasteiger partial charge on any atom is 0.308 e. The zero-order valence-electron chi connectivity index (χ0n) is 20.7. The molecule has 3 N–H and O–H groups in total. The van der Waals surface area contributed by atoms with Crippen LogP contribution >= 0.6 is 0 Å². The first kappa shape index (κ1) is 29.4. The van der Waals surface area contributed by atoms with Crippen LogP contribution in [-0.4, -0.2) is 46.4 Å². The van der Waals surface area contributed by atoms with Crippen LogP contribution in [0.25, 0.3) is 0 Å². The number of phenols is 2. The Balaban J connectivity index is 0.000000400. The van der Waals surface area contributed by atoms with Gasteiger partial charge in [0.15, 0.2) is 0 Å². The monoisotopic (exact) mass is 490 g/mol. The standard InChI is InChI=1S/C16H20O6.C10H14O3/c1-10(7-8-20-11(2)17)15-6-5-14(21-12(3)18)9-16(15)22-13(4)19;1-7(4-5-11)9-3-2-8(12)6-10(9)13/h5-6,9-10H,7-8H2,1-4H3;2-3,6-7,11-13H,4-5H2,1H3. The van der Waals surface area contributed by atoms with Crippen LogP contribution in [0.1, 0.15) is 70.4 Å². The summed E-state index contributed by atoms with van der Waals surface area (Å²) < 4.78 is 15.1. The second-order valence-electron chi connectivity index (χ2n) is 8.07. The average Bonchev–Trinajstić information content (AvgIpc) is 2.73. The maximum atomic E-state index is 11.2. The summed E-state index contributed by atoms with van der Waals surface area (Å²) in [5, 5.41) is 27.2. The molecule has 2 aromatic rings. The summed E-state index contributed by atoms with van der Waals surface area (Å²) in [6.45, 7) is 8.17. The molecule has 0 aliphatic heterocycles. The van der Waals surface area contributed by atoms with E-state index < -0.39 is 11.9 Å². The summed E-state index contributed by atoms with van der Waals surface area (Å²) in [4.78, 5) is 33.0. The number of esters is 3. The first-order valence-electron chi connectivity index (χ1n) is 11.2. The highest BCUT2D eigenvalue weighted by Gasteiger charge is 2.16. The number of aliphatic hydroxyl groups is 1. The summed E-state index contributed by atoms with van der Waals surface area (Å²) in [7, 11) is 0. The summed E-state index contributed by atoms with van der Waals surface area (Å²) in [6, 6.07) is 9.37. The van der Waals surface area contributed by atoms with Crippen LogP contribution in [0.4, 0.5) is 0 Å². The number of rotatable bonds is 9. The molecular formula is C26H34O9. The zero-order chi connectivity index (χ0) is 26.5. The van der Waals surface area contributed by atoms with Crippen molar-refractivity contribution in [3.63, 3.8) is 0 Å². The van der Waals surface area contributed by atoms with Crippen molar-refractivity contribution < 1.29 is 43.9 Å². The third kappa shape index (κ3) is 10.9. The van der Waals surface area contributed by atoms with Gasteiger partial charge in [-0.2, -0.15) is 0 Å². The number of ether oxygens (including phenoxy) is 3. The molecular weight excluding hydrogens is 456 g/mol. The minimum atomic E-state index is -0.464. The number of hydrogen-bond acceptors (Lipinski definition) is 9. The van der Waals surface area contributed by atoms with Gasteiger partial charge in [0.2, 0.25) is 0 Å². The molecule has 2 rings (SSSR count). The van der Waals surface area contributed by atoms with Gasteiger partial charge in [-0.1, -0.05) is 26.0 Å². The van der Waals surface area contributed by atoms with Crippen molar-refractivity contribution in [3.05, 3.63) is 47.5 Å². The molecule has 0 heterocycles. The fourth-order valence-corrected chi connectivity index (χ4v) is 3.23. The quantitative estimate of drug-likeness (QED) is 0.349. The second-order valence-corrected chi connectivity index (χ2v) is 8.07. The molecule has 0 fully saturated rings. The van der Waals surface area contributed by atoms with E-state index in [-0.39, 0.29) is 42.5 Å². The number of hydrogen-bond donors (Lipinski definition) is 3. The third-order valence-electron chi connectivity index (χ3n) is 4.99. The summed E-state index contributed by atoms with van der Waals surface area (Å²) >= 11 is 0. The highest BCUT2D eigenvalue weighted by molar-refractivity contribution is 5.72. The lowest BCUT2D eigenvalue weighted by molar-refractivity contribution is -0.141. The molecule has 35 heavy (non-hydrogen) atoms.